The summed E-state index contributed by atoms with van der Waals surface area (Å²) in [7, 11) is 1.75. The molecule has 2 fully saturated rings. The molecule has 8 heteroatoms. The number of pyridine rings is 2. The van der Waals surface area contributed by atoms with Crippen molar-refractivity contribution >= 4 is 28.9 Å². The summed E-state index contributed by atoms with van der Waals surface area (Å²) in [6.07, 6.45) is 11.5. The Hall–Kier alpha value is -1.44. The van der Waals surface area contributed by atoms with Crippen LogP contribution >= 0.6 is 23.2 Å². The van der Waals surface area contributed by atoms with Crippen molar-refractivity contribution in [1.82, 2.24) is 15.3 Å². The first-order valence-corrected chi connectivity index (χ1v) is 13.2. The molecule has 2 aromatic rings. The van der Waals surface area contributed by atoms with Crippen LogP contribution in [-0.4, -0.2) is 56.0 Å². The molecule has 0 amide bonds. The van der Waals surface area contributed by atoms with E-state index < -0.39 is 0 Å². The molecule has 1 aliphatic heterocycles. The van der Waals surface area contributed by atoms with Crippen molar-refractivity contribution in [1.29, 1.82) is 0 Å². The number of nitrogens with one attached hydrogen (secondary N) is 2. The molecule has 0 bridgehead atoms. The molecular weight excluding hydrogens is 471 g/mol. The van der Waals surface area contributed by atoms with Crippen LogP contribution in [0.25, 0.3) is 11.1 Å². The first-order valence-electron chi connectivity index (χ1n) is 12.5. The minimum atomic E-state index is 0.457. The van der Waals surface area contributed by atoms with Crippen LogP contribution in [0.1, 0.15) is 44.2 Å². The van der Waals surface area contributed by atoms with Crippen LogP contribution in [0.2, 0.25) is 10.2 Å². The van der Waals surface area contributed by atoms with Crippen molar-refractivity contribution in [3.05, 3.63) is 40.4 Å². The SMILES string of the molecule is COCCNC1CCC(Cc2cc(-c3cc(NCC4CCOCC4)cnc3Cl)c(Cl)cn2)CC1. The van der Waals surface area contributed by atoms with E-state index in [2.05, 4.69) is 32.7 Å². The van der Waals surface area contributed by atoms with E-state index in [1.165, 1.54) is 25.7 Å². The third-order valence-electron chi connectivity index (χ3n) is 7.06. The zero-order valence-electron chi connectivity index (χ0n) is 20.0. The van der Waals surface area contributed by atoms with Gasteiger partial charge in [-0.2, -0.15) is 0 Å². The van der Waals surface area contributed by atoms with Crippen molar-refractivity contribution in [3.63, 3.8) is 0 Å². The minimum Gasteiger partial charge on any atom is -0.384 e. The van der Waals surface area contributed by atoms with Crippen LogP contribution in [0.15, 0.2) is 24.5 Å². The van der Waals surface area contributed by atoms with E-state index in [-0.39, 0.29) is 0 Å². The van der Waals surface area contributed by atoms with Gasteiger partial charge in [0.2, 0.25) is 0 Å². The highest BCUT2D eigenvalue weighted by atomic mass is 35.5. The lowest BCUT2D eigenvalue weighted by Crippen LogP contribution is -2.35. The Labute approximate surface area is 213 Å². The number of ether oxygens (including phenoxy) is 2. The summed E-state index contributed by atoms with van der Waals surface area (Å²) in [5, 5.41) is 8.17. The molecule has 0 spiro atoms. The molecule has 0 radical (unpaired) electrons. The number of rotatable bonds is 10. The predicted molar refractivity (Wildman–Crippen MR) is 139 cm³/mol. The second-order valence-electron chi connectivity index (χ2n) is 9.52. The van der Waals surface area contributed by atoms with Gasteiger partial charge in [0.05, 0.1) is 23.5 Å². The molecular formula is C26H36Cl2N4O2. The van der Waals surface area contributed by atoms with Gasteiger partial charge in [0, 0.05) is 62.5 Å². The van der Waals surface area contributed by atoms with Crippen molar-refractivity contribution in [2.24, 2.45) is 11.8 Å². The first-order chi connectivity index (χ1) is 16.6. The van der Waals surface area contributed by atoms with Gasteiger partial charge < -0.3 is 20.1 Å². The molecule has 2 aromatic heterocycles. The third kappa shape index (κ3) is 7.28. The standard InChI is InChI=1S/C26H36Cl2N4O2/c1-33-11-8-29-20-4-2-18(3-5-20)12-21-13-23(25(27)17-31-21)24-14-22(16-32-26(24)28)30-15-19-6-9-34-10-7-19/h13-14,16-20,29-30H,2-12,15H2,1H3. The van der Waals surface area contributed by atoms with Crippen molar-refractivity contribution < 1.29 is 9.47 Å². The average Bonchev–Trinajstić information content (AvgIpc) is 2.87. The number of hydrogen-bond acceptors (Lipinski definition) is 6. The van der Waals surface area contributed by atoms with Crippen LogP contribution in [0.4, 0.5) is 5.69 Å². The fourth-order valence-electron chi connectivity index (χ4n) is 4.98. The molecule has 4 rings (SSSR count). The molecule has 0 atom stereocenters. The van der Waals surface area contributed by atoms with E-state index >= 15 is 0 Å². The maximum absolute atomic E-state index is 6.57. The van der Waals surface area contributed by atoms with Gasteiger partial charge in [-0.05, 0) is 68.9 Å². The van der Waals surface area contributed by atoms with Crippen molar-refractivity contribution in [2.75, 3.05) is 45.3 Å². The number of anilines is 1. The molecule has 2 aliphatic rings. The second-order valence-corrected chi connectivity index (χ2v) is 10.3. The maximum Gasteiger partial charge on any atom is 0.137 e. The van der Waals surface area contributed by atoms with Gasteiger partial charge in [0.1, 0.15) is 5.15 Å². The van der Waals surface area contributed by atoms with E-state index in [4.69, 9.17) is 32.7 Å². The van der Waals surface area contributed by atoms with Crippen LogP contribution < -0.4 is 10.6 Å². The maximum atomic E-state index is 6.57. The quantitative estimate of drug-likeness (QED) is 0.321. The summed E-state index contributed by atoms with van der Waals surface area (Å²) in [4.78, 5) is 9.06. The Morgan fingerprint density at radius 2 is 1.76 bits per heavy atom. The fraction of sp³-hybridized carbons (Fsp3) is 0.615. The summed E-state index contributed by atoms with van der Waals surface area (Å²) >= 11 is 13.1. The van der Waals surface area contributed by atoms with Gasteiger partial charge in [0.15, 0.2) is 0 Å². The average molecular weight is 508 g/mol. The zero-order chi connectivity index (χ0) is 23.8. The van der Waals surface area contributed by atoms with Gasteiger partial charge in [-0.1, -0.05) is 23.2 Å². The normalized spacial score (nSPS) is 21.5. The zero-order valence-corrected chi connectivity index (χ0v) is 21.5. The molecule has 1 saturated carbocycles. The van der Waals surface area contributed by atoms with Crippen LogP contribution in [0, 0.1) is 11.8 Å². The smallest absolute Gasteiger partial charge is 0.137 e. The highest BCUT2D eigenvalue weighted by Crippen LogP contribution is 2.35. The summed E-state index contributed by atoms with van der Waals surface area (Å²) in [5.74, 6) is 1.26. The number of methoxy groups -OCH3 is 1. The Morgan fingerprint density at radius 3 is 2.53 bits per heavy atom. The Bertz CT molecular complexity index is 916. The van der Waals surface area contributed by atoms with E-state index in [1.807, 2.05) is 0 Å². The van der Waals surface area contributed by atoms with Crippen LogP contribution in [0.3, 0.4) is 0 Å². The minimum absolute atomic E-state index is 0.457. The molecule has 2 N–H and O–H groups in total. The summed E-state index contributed by atoms with van der Waals surface area (Å²) in [6.45, 7) is 4.28. The lowest BCUT2D eigenvalue weighted by Gasteiger charge is -2.29. The van der Waals surface area contributed by atoms with Crippen molar-refractivity contribution in [2.45, 2.75) is 51.0 Å². The van der Waals surface area contributed by atoms with Crippen LogP contribution in [0.5, 0.6) is 0 Å². The van der Waals surface area contributed by atoms with E-state index in [9.17, 15) is 0 Å². The third-order valence-corrected chi connectivity index (χ3v) is 7.66. The van der Waals surface area contributed by atoms with Gasteiger partial charge in [-0.25, -0.2) is 4.98 Å². The first kappa shape index (κ1) is 25.6. The van der Waals surface area contributed by atoms with Crippen molar-refractivity contribution in [3.8, 4) is 11.1 Å². The monoisotopic (exact) mass is 506 g/mol. The number of aromatic nitrogens is 2. The topological polar surface area (TPSA) is 68.3 Å². The number of halogens is 2. The molecule has 1 aliphatic carbocycles. The molecule has 34 heavy (non-hydrogen) atoms. The Morgan fingerprint density at radius 1 is 0.971 bits per heavy atom. The Kier molecular flexibility index (Phi) is 9.83. The Balaban J connectivity index is 1.39. The molecule has 0 unspecified atom stereocenters. The lowest BCUT2D eigenvalue weighted by molar-refractivity contribution is 0.0699. The summed E-state index contributed by atoms with van der Waals surface area (Å²) in [5.41, 5.74) is 3.76. The van der Waals surface area contributed by atoms with Crippen LogP contribution in [-0.2, 0) is 15.9 Å². The number of nitrogens with zero attached hydrogens (tertiary/aromatic N) is 2. The highest BCUT2D eigenvalue weighted by Gasteiger charge is 2.22. The summed E-state index contributed by atoms with van der Waals surface area (Å²) < 4.78 is 10.6. The van der Waals surface area contributed by atoms with Gasteiger partial charge in [-0.3, -0.25) is 4.98 Å². The largest absolute Gasteiger partial charge is 0.384 e. The van der Waals surface area contributed by atoms with E-state index in [0.717, 1.165) is 74.7 Å². The molecule has 3 heterocycles. The molecule has 186 valence electrons. The number of hydrogen-bond donors (Lipinski definition) is 2. The van der Waals surface area contributed by atoms with E-state index in [1.54, 1.807) is 19.5 Å². The van der Waals surface area contributed by atoms with Gasteiger partial charge in [-0.15, -0.1) is 0 Å². The highest BCUT2D eigenvalue weighted by molar-refractivity contribution is 6.35. The molecule has 6 nitrogen and oxygen atoms in total. The fourth-order valence-corrected chi connectivity index (χ4v) is 5.39. The van der Waals surface area contributed by atoms with Gasteiger partial charge in [0.25, 0.3) is 0 Å². The molecule has 0 aromatic carbocycles. The van der Waals surface area contributed by atoms with E-state index in [0.29, 0.717) is 28.1 Å². The van der Waals surface area contributed by atoms with Gasteiger partial charge >= 0.3 is 0 Å². The summed E-state index contributed by atoms with van der Waals surface area (Å²) in [6, 6.07) is 4.74. The second kappa shape index (κ2) is 13.0. The lowest BCUT2D eigenvalue weighted by atomic mass is 9.83. The molecule has 1 saturated heterocycles. The predicted octanol–water partition coefficient (Wildman–Crippen LogP) is 5.63.